The molecule has 0 aliphatic carbocycles. The summed E-state index contributed by atoms with van der Waals surface area (Å²) in [6, 6.07) is 14.2. The smallest absolute Gasteiger partial charge is 0.136 e. The predicted octanol–water partition coefficient (Wildman–Crippen LogP) is 4.54. The molecule has 0 amide bonds. The third kappa shape index (κ3) is 4.40. The Bertz CT molecular complexity index is 736. The van der Waals surface area contributed by atoms with Crippen LogP contribution in [0.15, 0.2) is 48.5 Å². The van der Waals surface area contributed by atoms with Crippen LogP contribution in [0, 0.1) is 5.82 Å². The highest BCUT2D eigenvalue weighted by molar-refractivity contribution is 5.68. The largest absolute Gasteiger partial charge is 0.385 e. The Labute approximate surface area is 161 Å². The number of hydrogen-bond donors (Lipinski definition) is 2. The van der Waals surface area contributed by atoms with Gasteiger partial charge in [-0.1, -0.05) is 56.2 Å². The Balaban J connectivity index is 1.90. The summed E-state index contributed by atoms with van der Waals surface area (Å²) >= 11 is 0. The summed E-state index contributed by atoms with van der Waals surface area (Å²) < 4.78 is 13.3. The molecule has 146 valence electrons. The molecule has 0 spiro atoms. The number of benzene rings is 2. The Morgan fingerprint density at radius 3 is 2.19 bits per heavy atom. The fourth-order valence-corrected chi connectivity index (χ4v) is 4.01. The van der Waals surface area contributed by atoms with Gasteiger partial charge in [0.1, 0.15) is 17.6 Å². The van der Waals surface area contributed by atoms with E-state index >= 15 is 0 Å². The molecule has 3 unspecified atom stereocenters. The molecule has 4 heteroatoms. The van der Waals surface area contributed by atoms with Gasteiger partial charge in [0.2, 0.25) is 0 Å². The lowest BCUT2D eigenvalue weighted by atomic mass is 9.79. The second kappa shape index (κ2) is 8.51. The lowest BCUT2D eigenvalue weighted by Crippen LogP contribution is -2.54. The van der Waals surface area contributed by atoms with Crippen LogP contribution in [0.1, 0.15) is 51.0 Å². The van der Waals surface area contributed by atoms with E-state index in [-0.39, 0.29) is 11.7 Å². The van der Waals surface area contributed by atoms with Crippen molar-refractivity contribution < 1.29 is 14.6 Å². The van der Waals surface area contributed by atoms with Gasteiger partial charge in [0.25, 0.3) is 0 Å². The number of aliphatic hydroxyl groups is 2. The van der Waals surface area contributed by atoms with E-state index in [9.17, 15) is 14.6 Å². The van der Waals surface area contributed by atoms with Gasteiger partial charge in [0.15, 0.2) is 0 Å². The van der Waals surface area contributed by atoms with Gasteiger partial charge in [-0.2, -0.15) is 0 Å². The molecule has 3 atom stereocenters. The average Bonchev–Trinajstić information content (AvgIpc) is 2.97. The predicted molar refractivity (Wildman–Crippen MR) is 107 cm³/mol. The molecule has 2 aromatic rings. The fraction of sp³-hybridized carbons (Fsp3) is 0.478. The quantitative estimate of drug-likeness (QED) is 0.811. The first kappa shape index (κ1) is 20.0. The van der Waals surface area contributed by atoms with E-state index in [0.29, 0.717) is 0 Å². The maximum atomic E-state index is 13.3. The monoisotopic (exact) mass is 371 g/mol. The van der Waals surface area contributed by atoms with Crippen molar-refractivity contribution in [3.8, 4) is 11.1 Å². The number of aliphatic hydroxyl groups excluding tert-OH is 1. The highest BCUT2D eigenvalue weighted by Gasteiger charge is 2.41. The van der Waals surface area contributed by atoms with Gasteiger partial charge in [-0.15, -0.1) is 0 Å². The molecule has 1 aliphatic rings. The van der Waals surface area contributed by atoms with Crippen LogP contribution in [0.4, 0.5) is 4.39 Å². The lowest BCUT2D eigenvalue weighted by molar-refractivity contribution is -0.149. The van der Waals surface area contributed by atoms with Crippen molar-refractivity contribution in [1.82, 2.24) is 4.90 Å². The van der Waals surface area contributed by atoms with Crippen molar-refractivity contribution in [2.45, 2.75) is 57.3 Å². The highest BCUT2D eigenvalue weighted by atomic mass is 19.1. The van der Waals surface area contributed by atoms with E-state index in [1.54, 1.807) is 19.1 Å². The van der Waals surface area contributed by atoms with Crippen LogP contribution in [0.3, 0.4) is 0 Å². The summed E-state index contributed by atoms with van der Waals surface area (Å²) in [5.74, 6) is -0.565. The normalized spacial score (nSPS) is 20.5. The van der Waals surface area contributed by atoms with Gasteiger partial charge in [0, 0.05) is 19.0 Å². The standard InChI is InChI=1S/C23H30FNO2/c1-17(23(2,27)22(26)25-15-7-3-4-8-16-25)20-9-5-6-10-21(20)18-11-13-19(24)14-12-18/h5-6,9-14,17,22,26-27H,3-4,7-8,15-16H2,1-2H3. The zero-order valence-corrected chi connectivity index (χ0v) is 16.2. The molecule has 3 rings (SSSR count). The zero-order valence-electron chi connectivity index (χ0n) is 16.2. The van der Waals surface area contributed by atoms with E-state index in [2.05, 4.69) is 0 Å². The minimum atomic E-state index is -1.31. The van der Waals surface area contributed by atoms with Crippen molar-refractivity contribution in [1.29, 1.82) is 0 Å². The summed E-state index contributed by atoms with van der Waals surface area (Å²) in [5, 5.41) is 22.3. The highest BCUT2D eigenvalue weighted by Crippen LogP contribution is 2.38. The van der Waals surface area contributed by atoms with Gasteiger partial charge in [-0.25, -0.2) is 4.39 Å². The summed E-state index contributed by atoms with van der Waals surface area (Å²) in [6.45, 7) is 5.28. The first-order valence-corrected chi connectivity index (χ1v) is 9.90. The Morgan fingerprint density at radius 1 is 0.963 bits per heavy atom. The second-order valence-corrected chi connectivity index (χ2v) is 7.87. The first-order chi connectivity index (χ1) is 12.9. The summed E-state index contributed by atoms with van der Waals surface area (Å²) in [5.41, 5.74) is 1.50. The molecule has 0 bridgehead atoms. The lowest BCUT2D eigenvalue weighted by Gasteiger charge is -2.41. The Morgan fingerprint density at radius 2 is 1.56 bits per heavy atom. The van der Waals surface area contributed by atoms with Crippen molar-refractivity contribution in [2.75, 3.05) is 13.1 Å². The van der Waals surface area contributed by atoms with Gasteiger partial charge in [0.05, 0.1) is 0 Å². The molecule has 0 aromatic heterocycles. The van der Waals surface area contributed by atoms with Crippen LogP contribution in [0.25, 0.3) is 11.1 Å². The minimum Gasteiger partial charge on any atom is -0.385 e. The summed E-state index contributed by atoms with van der Waals surface area (Å²) in [7, 11) is 0. The van der Waals surface area contributed by atoms with E-state index in [1.807, 2.05) is 36.1 Å². The molecule has 0 saturated carbocycles. The van der Waals surface area contributed by atoms with E-state index < -0.39 is 11.8 Å². The number of halogens is 1. The van der Waals surface area contributed by atoms with Crippen molar-refractivity contribution in [3.63, 3.8) is 0 Å². The van der Waals surface area contributed by atoms with Crippen molar-refractivity contribution >= 4 is 0 Å². The van der Waals surface area contributed by atoms with Crippen LogP contribution in [0.2, 0.25) is 0 Å². The Kier molecular flexibility index (Phi) is 6.30. The van der Waals surface area contributed by atoms with E-state index in [1.165, 1.54) is 25.0 Å². The third-order valence-corrected chi connectivity index (χ3v) is 5.97. The third-order valence-electron chi connectivity index (χ3n) is 5.97. The summed E-state index contributed by atoms with van der Waals surface area (Å²) in [4.78, 5) is 2.00. The van der Waals surface area contributed by atoms with Crippen LogP contribution < -0.4 is 0 Å². The van der Waals surface area contributed by atoms with Gasteiger partial charge >= 0.3 is 0 Å². The van der Waals surface area contributed by atoms with E-state index in [0.717, 1.165) is 42.6 Å². The molecule has 1 heterocycles. The molecule has 2 N–H and O–H groups in total. The minimum absolute atomic E-state index is 0.270. The molecular formula is C23H30FNO2. The first-order valence-electron chi connectivity index (χ1n) is 9.90. The molecule has 3 nitrogen and oxygen atoms in total. The van der Waals surface area contributed by atoms with E-state index in [4.69, 9.17) is 0 Å². The molecule has 1 saturated heterocycles. The summed E-state index contributed by atoms with van der Waals surface area (Å²) in [6.07, 6.45) is 3.52. The maximum absolute atomic E-state index is 13.3. The SMILES string of the molecule is CC(c1ccccc1-c1ccc(F)cc1)C(C)(O)C(O)N1CCCCCC1. The van der Waals surface area contributed by atoms with Gasteiger partial charge in [-0.3, -0.25) is 4.90 Å². The molecule has 2 aromatic carbocycles. The number of rotatable bonds is 5. The topological polar surface area (TPSA) is 43.7 Å². The zero-order chi connectivity index (χ0) is 19.4. The van der Waals surface area contributed by atoms with Crippen LogP contribution >= 0.6 is 0 Å². The van der Waals surface area contributed by atoms with Crippen molar-refractivity contribution in [3.05, 3.63) is 59.9 Å². The maximum Gasteiger partial charge on any atom is 0.136 e. The van der Waals surface area contributed by atoms with Crippen LogP contribution in [-0.4, -0.2) is 40.0 Å². The van der Waals surface area contributed by atoms with Gasteiger partial charge < -0.3 is 10.2 Å². The number of nitrogens with zero attached hydrogens (tertiary/aromatic N) is 1. The number of hydrogen-bond acceptors (Lipinski definition) is 3. The molecule has 1 aliphatic heterocycles. The Hall–Kier alpha value is -1.75. The molecule has 1 fully saturated rings. The van der Waals surface area contributed by atoms with Crippen molar-refractivity contribution in [2.24, 2.45) is 0 Å². The van der Waals surface area contributed by atoms with Crippen LogP contribution in [0.5, 0.6) is 0 Å². The van der Waals surface area contributed by atoms with Crippen LogP contribution in [-0.2, 0) is 0 Å². The molecular weight excluding hydrogens is 341 g/mol. The second-order valence-electron chi connectivity index (χ2n) is 7.87. The van der Waals surface area contributed by atoms with Gasteiger partial charge in [-0.05, 0) is 48.6 Å². The molecule has 0 radical (unpaired) electrons. The number of likely N-dealkylation sites (tertiary alicyclic amines) is 1. The molecule has 27 heavy (non-hydrogen) atoms. The average molecular weight is 371 g/mol. The fourth-order valence-electron chi connectivity index (χ4n) is 4.01.